The van der Waals surface area contributed by atoms with Crippen molar-refractivity contribution in [2.24, 2.45) is 10.2 Å². The highest BCUT2D eigenvalue weighted by molar-refractivity contribution is 9.10. The Morgan fingerprint density at radius 3 is 2.77 bits per heavy atom. The number of nitrogens with zero attached hydrogens (tertiary/aromatic N) is 3. The number of nitrogens with one attached hydrogen (secondary N) is 1. The van der Waals surface area contributed by atoms with Gasteiger partial charge in [0.1, 0.15) is 0 Å². The van der Waals surface area contributed by atoms with Crippen molar-refractivity contribution in [1.82, 2.24) is 4.57 Å². The molecule has 3 rings (SSSR count). The zero-order chi connectivity index (χ0) is 18.7. The fourth-order valence-corrected chi connectivity index (χ4v) is 3.16. The molecule has 0 spiro atoms. The smallest absolute Gasteiger partial charge is 0.283 e. The minimum absolute atomic E-state index is 0.00372. The van der Waals surface area contributed by atoms with Gasteiger partial charge in [0.15, 0.2) is 5.69 Å². The molecular weight excluding hydrogens is 396 g/mol. The van der Waals surface area contributed by atoms with E-state index in [9.17, 15) is 9.90 Å². The summed E-state index contributed by atoms with van der Waals surface area (Å²) in [5, 5.41) is 22.0. The van der Waals surface area contributed by atoms with Gasteiger partial charge in [-0.1, -0.05) is 34.1 Å². The van der Waals surface area contributed by atoms with E-state index >= 15 is 0 Å². The molecule has 2 aromatic carbocycles. The highest BCUT2D eigenvalue weighted by atomic mass is 79.9. The average molecular weight is 415 g/mol. The number of amides is 1. The van der Waals surface area contributed by atoms with E-state index in [1.807, 2.05) is 56.3 Å². The average Bonchev–Trinajstić information content (AvgIpc) is 2.89. The summed E-state index contributed by atoms with van der Waals surface area (Å²) in [5.74, 6) is -0.413. The first-order chi connectivity index (χ1) is 12.5. The number of carbonyl (C=O) groups is 1. The lowest BCUT2D eigenvalue weighted by molar-refractivity contribution is -0.116. The lowest BCUT2D eigenvalue weighted by atomic mass is 10.2. The Hall–Kier alpha value is -2.67. The number of anilines is 1. The number of carbonyl (C=O) groups excluding carboxylic acids is 1. The second-order valence-corrected chi connectivity index (χ2v) is 6.76. The molecule has 3 aromatic rings. The summed E-state index contributed by atoms with van der Waals surface area (Å²) >= 11 is 3.42. The number of halogens is 1. The van der Waals surface area contributed by atoms with Crippen molar-refractivity contribution in [2.45, 2.75) is 20.4 Å². The molecule has 1 heterocycles. The molecule has 26 heavy (non-hydrogen) atoms. The van der Waals surface area contributed by atoms with Crippen LogP contribution in [0.3, 0.4) is 0 Å². The Labute approximate surface area is 159 Å². The molecule has 0 saturated carbocycles. The van der Waals surface area contributed by atoms with Crippen LogP contribution in [0.25, 0.3) is 10.9 Å². The predicted molar refractivity (Wildman–Crippen MR) is 106 cm³/mol. The Morgan fingerprint density at radius 2 is 2.04 bits per heavy atom. The molecule has 1 amide bonds. The zero-order valence-corrected chi connectivity index (χ0v) is 16.1. The van der Waals surface area contributed by atoms with Gasteiger partial charge in [0.25, 0.3) is 5.91 Å². The van der Waals surface area contributed by atoms with E-state index in [-0.39, 0.29) is 12.4 Å². The third kappa shape index (κ3) is 3.62. The van der Waals surface area contributed by atoms with Gasteiger partial charge in [-0.25, -0.2) is 0 Å². The monoisotopic (exact) mass is 414 g/mol. The Balaban J connectivity index is 1.82. The summed E-state index contributed by atoms with van der Waals surface area (Å²) in [6.07, 6.45) is 0. The number of aromatic hydroxyl groups is 1. The van der Waals surface area contributed by atoms with E-state index in [2.05, 4.69) is 31.5 Å². The van der Waals surface area contributed by atoms with Crippen LogP contribution in [0.2, 0.25) is 0 Å². The standard InChI is InChI=1S/C19H19BrN4O2/c1-3-24-16-9-8-13(20)10-14(16)18(19(24)26)23-22-17(25)11-21-15-7-5-4-6-12(15)2/h4-10,21,26H,3,11H2,1-2H3. The van der Waals surface area contributed by atoms with Crippen molar-refractivity contribution in [3.05, 3.63) is 52.5 Å². The van der Waals surface area contributed by atoms with Crippen LogP contribution in [0.15, 0.2) is 57.2 Å². The first-order valence-electron chi connectivity index (χ1n) is 8.26. The third-order valence-electron chi connectivity index (χ3n) is 4.12. The van der Waals surface area contributed by atoms with Crippen LogP contribution in [0.1, 0.15) is 12.5 Å². The minimum atomic E-state index is -0.417. The quantitative estimate of drug-likeness (QED) is 0.565. The van der Waals surface area contributed by atoms with Gasteiger partial charge in [-0.05, 0) is 43.7 Å². The molecule has 0 fully saturated rings. The van der Waals surface area contributed by atoms with E-state index < -0.39 is 5.91 Å². The lowest BCUT2D eigenvalue weighted by Gasteiger charge is -2.06. The Morgan fingerprint density at radius 1 is 1.27 bits per heavy atom. The number of benzene rings is 2. The van der Waals surface area contributed by atoms with Crippen LogP contribution in [-0.4, -0.2) is 22.1 Å². The van der Waals surface area contributed by atoms with Crippen LogP contribution in [-0.2, 0) is 11.3 Å². The van der Waals surface area contributed by atoms with Crippen LogP contribution >= 0.6 is 15.9 Å². The maximum atomic E-state index is 12.1. The van der Waals surface area contributed by atoms with Crippen molar-refractivity contribution in [3.8, 4) is 5.88 Å². The second kappa shape index (κ2) is 7.70. The van der Waals surface area contributed by atoms with E-state index in [0.29, 0.717) is 12.2 Å². The van der Waals surface area contributed by atoms with Gasteiger partial charge in [0, 0.05) is 22.1 Å². The predicted octanol–water partition coefficient (Wildman–Crippen LogP) is 5.16. The van der Waals surface area contributed by atoms with Crippen molar-refractivity contribution in [1.29, 1.82) is 0 Å². The van der Waals surface area contributed by atoms with Crippen LogP contribution in [0.5, 0.6) is 5.88 Å². The lowest BCUT2D eigenvalue weighted by Crippen LogP contribution is -2.11. The summed E-state index contributed by atoms with van der Waals surface area (Å²) in [4.78, 5) is 12.1. The summed E-state index contributed by atoms with van der Waals surface area (Å²) < 4.78 is 2.59. The van der Waals surface area contributed by atoms with E-state index in [1.54, 1.807) is 4.57 Å². The van der Waals surface area contributed by atoms with Gasteiger partial charge in [-0.15, -0.1) is 10.2 Å². The van der Waals surface area contributed by atoms with E-state index in [0.717, 1.165) is 26.6 Å². The third-order valence-corrected chi connectivity index (χ3v) is 4.62. The number of rotatable bonds is 5. The Kier molecular flexibility index (Phi) is 5.37. The van der Waals surface area contributed by atoms with Gasteiger partial charge in [0.2, 0.25) is 5.88 Å². The van der Waals surface area contributed by atoms with Crippen LogP contribution in [0, 0.1) is 6.92 Å². The van der Waals surface area contributed by atoms with Gasteiger partial charge in [0.05, 0.1) is 12.1 Å². The number of para-hydroxylation sites is 1. The molecule has 0 saturated heterocycles. The fraction of sp³-hybridized carbons (Fsp3) is 0.211. The maximum absolute atomic E-state index is 12.1. The highest BCUT2D eigenvalue weighted by Gasteiger charge is 2.16. The van der Waals surface area contributed by atoms with Crippen molar-refractivity contribution in [2.75, 3.05) is 11.9 Å². The first-order valence-corrected chi connectivity index (χ1v) is 9.05. The molecule has 2 N–H and O–H groups in total. The molecule has 1 aromatic heterocycles. The maximum Gasteiger partial charge on any atom is 0.283 e. The first kappa shape index (κ1) is 18.1. The molecule has 7 heteroatoms. The number of hydrogen-bond donors (Lipinski definition) is 2. The van der Waals surface area contributed by atoms with Crippen molar-refractivity contribution in [3.63, 3.8) is 0 Å². The van der Waals surface area contributed by atoms with Gasteiger partial charge >= 0.3 is 0 Å². The molecule has 0 radical (unpaired) electrons. The van der Waals surface area contributed by atoms with Gasteiger partial charge in [-0.3, -0.25) is 4.79 Å². The summed E-state index contributed by atoms with van der Waals surface area (Å²) in [7, 11) is 0. The topological polar surface area (TPSA) is 79.0 Å². The molecular formula is C19H19BrN4O2. The molecule has 0 aliphatic carbocycles. The SMILES string of the molecule is CCn1c(O)c(N=NC(=O)CNc2ccccc2C)c2cc(Br)ccc21. The number of azo groups is 1. The minimum Gasteiger partial charge on any atom is -0.493 e. The summed E-state index contributed by atoms with van der Waals surface area (Å²) in [5.41, 5.74) is 3.07. The van der Waals surface area contributed by atoms with E-state index in [1.165, 1.54) is 0 Å². The number of fused-ring (bicyclic) bond motifs is 1. The fourth-order valence-electron chi connectivity index (χ4n) is 2.80. The van der Waals surface area contributed by atoms with Gasteiger partial charge < -0.3 is 15.0 Å². The largest absolute Gasteiger partial charge is 0.493 e. The molecule has 0 aliphatic rings. The molecule has 0 aliphatic heterocycles. The second-order valence-electron chi connectivity index (χ2n) is 5.84. The van der Waals surface area contributed by atoms with E-state index in [4.69, 9.17) is 0 Å². The summed E-state index contributed by atoms with van der Waals surface area (Å²) in [6.45, 7) is 4.51. The summed E-state index contributed by atoms with van der Waals surface area (Å²) in [6, 6.07) is 13.3. The van der Waals surface area contributed by atoms with Crippen LogP contribution < -0.4 is 5.32 Å². The molecule has 0 unspecified atom stereocenters. The number of aromatic nitrogens is 1. The molecule has 0 atom stereocenters. The molecule has 6 nitrogen and oxygen atoms in total. The normalized spacial score (nSPS) is 11.3. The van der Waals surface area contributed by atoms with Crippen molar-refractivity contribution < 1.29 is 9.90 Å². The Bertz CT molecular complexity index is 995. The highest BCUT2D eigenvalue weighted by Crippen LogP contribution is 2.39. The molecule has 134 valence electrons. The zero-order valence-electron chi connectivity index (χ0n) is 14.5. The van der Waals surface area contributed by atoms with Crippen molar-refractivity contribution >= 4 is 44.1 Å². The van der Waals surface area contributed by atoms with Crippen LogP contribution in [0.4, 0.5) is 11.4 Å². The number of aryl methyl sites for hydroxylation is 2. The van der Waals surface area contributed by atoms with Gasteiger partial charge in [-0.2, -0.15) is 0 Å². The molecule has 0 bridgehead atoms. The number of hydrogen-bond acceptors (Lipinski definition) is 4.